The Kier molecular flexibility index (Phi) is 4.14. The van der Waals surface area contributed by atoms with Crippen molar-refractivity contribution in [2.24, 2.45) is 5.73 Å². The largest absolute Gasteiger partial charge is 0.493 e. The van der Waals surface area contributed by atoms with Crippen molar-refractivity contribution in [3.8, 4) is 11.5 Å². The summed E-state index contributed by atoms with van der Waals surface area (Å²) in [5, 5.41) is 10.7. The quantitative estimate of drug-likeness (QED) is 0.647. The molecule has 1 heterocycles. The standard InChI is InChI=1S/C10H12N2O4.ClH/c1-15-9-5-6(12(13)14)4-7-8(11)2-3-16-10(7)9;/h4-5,8H,2-3,11H2,1H3;1H/t8-;/m0./s1. The van der Waals surface area contributed by atoms with Gasteiger partial charge in [0.1, 0.15) is 0 Å². The van der Waals surface area contributed by atoms with E-state index in [-0.39, 0.29) is 24.1 Å². The number of nitrogens with two attached hydrogens (primary N) is 1. The number of hydrogen-bond donors (Lipinski definition) is 1. The summed E-state index contributed by atoms with van der Waals surface area (Å²) in [4.78, 5) is 10.3. The van der Waals surface area contributed by atoms with Crippen LogP contribution < -0.4 is 15.2 Å². The van der Waals surface area contributed by atoms with E-state index in [4.69, 9.17) is 15.2 Å². The number of nitro benzene ring substituents is 1. The van der Waals surface area contributed by atoms with E-state index in [1.807, 2.05) is 0 Å². The third kappa shape index (κ3) is 2.42. The van der Waals surface area contributed by atoms with Gasteiger partial charge in [-0.1, -0.05) is 0 Å². The minimum atomic E-state index is -0.468. The molecule has 2 N–H and O–H groups in total. The van der Waals surface area contributed by atoms with Crippen LogP contribution in [0.2, 0.25) is 0 Å². The van der Waals surface area contributed by atoms with Crippen molar-refractivity contribution in [3.05, 3.63) is 27.8 Å². The van der Waals surface area contributed by atoms with Gasteiger partial charge in [-0.3, -0.25) is 10.1 Å². The van der Waals surface area contributed by atoms with Gasteiger partial charge in [-0.25, -0.2) is 0 Å². The second-order valence-corrected chi connectivity index (χ2v) is 3.57. The molecule has 1 aromatic rings. The summed E-state index contributed by atoms with van der Waals surface area (Å²) in [7, 11) is 1.45. The third-order valence-electron chi connectivity index (χ3n) is 2.57. The first-order chi connectivity index (χ1) is 7.63. The van der Waals surface area contributed by atoms with E-state index in [9.17, 15) is 10.1 Å². The Morgan fingerprint density at radius 3 is 2.88 bits per heavy atom. The topological polar surface area (TPSA) is 87.6 Å². The fourth-order valence-electron chi connectivity index (χ4n) is 1.74. The molecule has 1 aliphatic heterocycles. The van der Waals surface area contributed by atoms with Crippen LogP contribution in [0, 0.1) is 10.1 Å². The molecule has 17 heavy (non-hydrogen) atoms. The predicted molar refractivity (Wildman–Crippen MR) is 63.9 cm³/mol. The van der Waals surface area contributed by atoms with Crippen molar-refractivity contribution < 1.29 is 14.4 Å². The summed E-state index contributed by atoms with van der Waals surface area (Å²) < 4.78 is 10.5. The van der Waals surface area contributed by atoms with Gasteiger partial charge < -0.3 is 15.2 Å². The highest BCUT2D eigenvalue weighted by atomic mass is 35.5. The third-order valence-corrected chi connectivity index (χ3v) is 2.57. The molecule has 0 amide bonds. The van der Waals surface area contributed by atoms with Crippen LogP contribution in [0.25, 0.3) is 0 Å². The maximum Gasteiger partial charge on any atom is 0.273 e. The first kappa shape index (κ1) is 13.5. The summed E-state index contributed by atoms with van der Waals surface area (Å²) in [5.41, 5.74) is 6.49. The lowest BCUT2D eigenvalue weighted by atomic mass is 10.0. The second-order valence-electron chi connectivity index (χ2n) is 3.57. The second kappa shape index (κ2) is 5.20. The van der Waals surface area contributed by atoms with Crippen LogP contribution >= 0.6 is 12.4 Å². The maximum atomic E-state index is 10.7. The summed E-state index contributed by atoms with van der Waals surface area (Å²) in [6.07, 6.45) is 0.650. The van der Waals surface area contributed by atoms with Crippen LogP contribution in [-0.4, -0.2) is 18.6 Å². The average Bonchev–Trinajstić information content (AvgIpc) is 2.28. The molecule has 0 radical (unpaired) electrons. The molecule has 1 atom stereocenters. The van der Waals surface area contributed by atoms with E-state index in [1.54, 1.807) is 0 Å². The summed E-state index contributed by atoms with van der Waals surface area (Å²) >= 11 is 0. The fourth-order valence-corrected chi connectivity index (χ4v) is 1.74. The molecule has 1 aliphatic rings. The molecule has 0 unspecified atom stereocenters. The smallest absolute Gasteiger partial charge is 0.273 e. The predicted octanol–water partition coefficient (Wildman–Crippen LogP) is 1.81. The van der Waals surface area contributed by atoms with E-state index in [0.717, 1.165) is 0 Å². The maximum absolute atomic E-state index is 10.7. The van der Waals surface area contributed by atoms with E-state index < -0.39 is 4.92 Å². The number of non-ortho nitro benzene ring substituents is 1. The van der Waals surface area contributed by atoms with Crippen molar-refractivity contribution in [3.63, 3.8) is 0 Å². The number of benzene rings is 1. The Hall–Kier alpha value is -1.53. The SMILES string of the molecule is COc1cc([N+](=O)[O-])cc2c1OCC[C@@H]2N.Cl. The van der Waals surface area contributed by atoms with Gasteiger partial charge in [0, 0.05) is 24.1 Å². The normalized spacial score (nSPS) is 17.4. The van der Waals surface area contributed by atoms with Crippen LogP contribution in [0.5, 0.6) is 11.5 Å². The number of hydrogen-bond acceptors (Lipinski definition) is 5. The Morgan fingerprint density at radius 1 is 1.59 bits per heavy atom. The number of methoxy groups -OCH3 is 1. The van der Waals surface area contributed by atoms with E-state index >= 15 is 0 Å². The molecule has 1 aromatic carbocycles. The average molecular weight is 261 g/mol. The molecule has 0 saturated carbocycles. The zero-order valence-corrected chi connectivity index (χ0v) is 10.0. The highest BCUT2D eigenvalue weighted by Crippen LogP contribution is 2.41. The Balaban J connectivity index is 0.00000144. The van der Waals surface area contributed by atoms with Crippen molar-refractivity contribution in [2.75, 3.05) is 13.7 Å². The van der Waals surface area contributed by atoms with Gasteiger partial charge in [0.2, 0.25) is 0 Å². The van der Waals surface area contributed by atoms with E-state index in [0.29, 0.717) is 30.1 Å². The number of ether oxygens (including phenoxy) is 2. The van der Waals surface area contributed by atoms with Gasteiger partial charge in [-0.05, 0) is 0 Å². The molecular formula is C10H13ClN2O4. The van der Waals surface area contributed by atoms with Crippen LogP contribution in [0.1, 0.15) is 18.0 Å². The van der Waals surface area contributed by atoms with Crippen LogP contribution in [0.3, 0.4) is 0 Å². The number of halogens is 1. The first-order valence-electron chi connectivity index (χ1n) is 4.88. The summed E-state index contributed by atoms with van der Waals surface area (Å²) in [5.74, 6) is 0.881. The van der Waals surface area contributed by atoms with E-state index in [2.05, 4.69) is 0 Å². The molecule has 7 heteroatoms. The fraction of sp³-hybridized carbons (Fsp3) is 0.400. The van der Waals surface area contributed by atoms with Crippen molar-refractivity contribution >= 4 is 18.1 Å². The van der Waals surface area contributed by atoms with Gasteiger partial charge >= 0.3 is 0 Å². The lowest BCUT2D eigenvalue weighted by Gasteiger charge is -2.24. The minimum absolute atomic E-state index is 0. The number of rotatable bonds is 2. The van der Waals surface area contributed by atoms with Crippen LogP contribution in [-0.2, 0) is 0 Å². The van der Waals surface area contributed by atoms with Gasteiger partial charge in [-0.15, -0.1) is 12.4 Å². The zero-order valence-electron chi connectivity index (χ0n) is 9.21. The van der Waals surface area contributed by atoms with Gasteiger partial charge in [0.15, 0.2) is 11.5 Å². The lowest BCUT2D eigenvalue weighted by Crippen LogP contribution is -2.21. The Morgan fingerprint density at radius 2 is 2.29 bits per heavy atom. The van der Waals surface area contributed by atoms with Crippen molar-refractivity contribution in [1.29, 1.82) is 0 Å². The molecule has 94 valence electrons. The minimum Gasteiger partial charge on any atom is -0.493 e. The van der Waals surface area contributed by atoms with Crippen LogP contribution in [0.15, 0.2) is 12.1 Å². The van der Waals surface area contributed by atoms with E-state index in [1.165, 1.54) is 19.2 Å². The summed E-state index contributed by atoms with van der Waals surface area (Å²) in [6, 6.07) is 2.55. The molecule has 0 aliphatic carbocycles. The molecule has 0 bridgehead atoms. The number of nitro groups is 1. The molecule has 0 saturated heterocycles. The summed E-state index contributed by atoms with van der Waals surface area (Å²) in [6.45, 7) is 0.502. The van der Waals surface area contributed by atoms with Gasteiger partial charge in [0.25, 0.3) is 5.69 Å². The molecule has 2 rings (SSSR count). The molecule has 0 aromatic heterocycles. The van der Waals surface area contributed by atoms with Crippen molar-refractivity contribution in [2.45, 2.75) is 12.5 Å². The monoisotopic (exact) mass is 260 g/mol. The Labute approximate surface area is 104 Å². The molecule has 6 nitrogen and oxygen atoms in total. The molecule has 0 fully saturated rings. The van der Waals surface area contributed by atoms with Crippen molar-refractivity contribution in [1.82, 2.24) is 0 Å². The molecule has 0 spiro atoms. The van der Waals surface area contributed by atoms with Crippen LogP contribution in [0.4, 0.5) is 5.69 Å². The number of fused-ring (bicyclic) bond motifs is 1. The lowest BCUT2D eigenvalue weighted by molar-refractivity contribution is -0.385. The highest BCUT2D eigenvalue weighted by Gasteiger charge is 2.25. The van der Waals surface area contributed by atoms with Gasteiger partial charge in [0.05, 0.1) is 24.7 Å². The van der Waals surface area contributed by atoms with Gasteiger partial charge in [-0.2, -0.15) is 0 Å². The highest BCUT2D eigenvalue weighted by molar-refractivity contribution is 5.85. The Bertz CT molecular complexity index is 439. The molecular weight excluding hydrogens is 248 g/mol. The zero-order chi connectivity index (χ0) is 11.7. The first-order valence-corrected chi connectivity index (χ1v) is 4.88. The number of nitrogens with zero attached hydrogens (tertiary/aromatic N) is 1.